The van der Waals surface area contributed by atoms with Crippen LogP contribution in [-0.4, -0.2) is 18.4 Å². The first-order valence-electron chi connectivity index (χ1n) is 8.67. The van der Waals surface area contributed by atoms with Crippen LogP contribution in [0.1, 0.15) is 15.9 Å². The van der Waals surface area contributed by atoms with Gasteiger partial charge in [-0.2, -0.15) is 0 Å². The molecule has 0 N–H and O–H groups in total. The van der Waals surface area contributed by atoms with Crippen LogP contribution in [-0.2, 0) is 4.79 Å². The number of hydrogen-bond donors (Lipinski definition) is 0. The zero-order valence-electron chi connectivity index (χ0n) is 15.2. The van der Waals surface area contributed by atoms with E-state index in [-0.39, 0.29) is 12.4 Å². The van der Waals surface area contributed by atoms with Crippen LogP contribution in [0.15, 0.2) is 78.9 Å². The number of ketones is 1. The van der Waals surface area contributed by atoms with Gasteiger partial charge in [-0.15, -0.1) is 0 Å². The molecule has 0 radical (unpaired) electrons. The smallest absolute Gasteiger partial charge is 0.349 e. The Morgan fingerprint density at radius 1 is 0.897 bits per heavy atom. The molecule has 0 heterocycles. The lowest BCUT2D eigenvalue weighted by Crippen LogP contribution is -2.17. The molecule has 0 amide bonds. The van der Waals surface area contributed by atoms with Gasteiger partial charge in [0.2, 0.25) is 0 Å². The molecule has 0 bridgehead atoms. The molecule has 0 unspecified atom stereocenters. The van der Waals surface area contributed by atoms with E-state index in [0.29, 0.717) is 27.1 Å². The van der Waals surface area contributed by atoms with E-state index in [2.05, 4.69) is 0 Å². The van der Waals surface area contributed by atoms with Gasteiger partial charge in [0.15, 0.2) is 12.4 Å². The van der Waals surface area contributed by atoms with E-state index in [9.17, 15) is 9.59 Å². The molecule has 0 aliphatic rings. The average molecular weight is 427 g/mol. The molecule has 0 aliphatic carbocycles. The minimum atomic E-state index is -0.571. The molecule has 0 atom stereocenters. The summed E-state index contributed by atoms with van der Waals surface area (Å²) in [6.45, 7) is -0.297. The lowest BCUT2D eigenvalue weighted by molar-refractivity contribution is -0.136. The lowest BCUT2D eigenvalue weighted by Gasteiger charge is -2.08. The maximum absolute atomic E-state index is 12.1. The van der Waals surface area contributed by atoms with Gasteiger partial charge in [-0.3, -0.25) is 4.79 Å². The molecule has 4 nitrogen and oxygen atoms in total. The third kappa shape index (κ3) is 6.21. The Morgan fingerprint density at radius 2 is 1.62 bits per heavy atom. The minimum absolute atomic E-state index is 0.0842. The van der Waals surface area contributed by atoms with E-state index < -0.39 is 5.97 Å². The van der Waals surface area contributed by atoms with Crippen LogP contribution in [0, 0.1) is 0 Å². The highest BCUT2D eigenvalue weighted by molar-refractivity contribution is 6.35. The van der Waals surface area contributed by atoms with E-state index in [1.165, 1.54) is 12.1 Å². The van der Waals surface area contributed by atoms with Gasteiger partial charge < -0.3 is 9.47 Å². The van der Waals surface area contributed by atoms with Crippen molar-refractivity contribution in [2.24, 2.45) is 0 Å². The summed E-state index contributed by atoms with van der Waals surface area (Å²) in [5, 5.41) is 0.788. The van der Waals surface area contributed by atoms with Gasteiger partial charge in [-0.1, -0.05) is 71.7 Å². The number of halogens is 2. The van der Waals surface area contributed by atoms with Gasteiger partial charge in [0.05, 0.1) is 5.02 Å². The SMILES string of the molecule is O=C(COc1ccc(Cl)cc1Cl)Oc1ccc(/C=C/C(=O)c2ccccc2)cc1. The molecule has 3 rings (SSSR count). The van der Waals surface area contributed by atoms with E-state index in [4.69, 9.17) is 32.7 Å². The molecule has 0 aromatic heterocycles. The predicted octanol–water partition coefficient (Wildman–Crippen LogP) is 5.87. The summed E-state index contributed by atoms with van der Waals surface area (Å²) in [4.78, 5) is 24.0. The maximum Gasteiger partial charge on any atom is 0.349 e. The fourth-order valence-corrected chi connectivity index (χ4v) is 2.87. The first kappa shape index (κ1) is 20.6. The largest absolute Gasteiger partial charge is 0.480 e. The molecule has 0 saturated carbocycles. The highest BCUT2D eigenvalue weighted by Crippen LogP contribution is 2.27. The average Bonchev–Trinajstić information content (AvgIpc) is 2.73. The second-order valence-electron chi connectivity index (χ2n) is 5.97. The van der Waals surface area contributed by atoms with Crippen LogP contribution in [0.25, 0.3) is 6.08 Å². The lowest BCUT2D eigenvalue weighted by atomic mass is 10.1. The minimum Gasteiger partial charge on any atom is -0.480 e. The molecule has 29 heavy (non-hydrogen) atoms. The fourth-order valence-electron chi connectivity index (χ4n) is 2.41. The van der Waals surface area contributed by atoms with Crippen LogP contribution in [0.2, 0.25) is 10.0 Å². The molecule has 0 aliphatic heterocycles. The summed E-state index contributed by atoms with van der Waals surface area (Å²) in [6.07, 6.45) is 3.20. The third-order valence-electron chi connectivity index (χ3n) is 3.84. The van der Waals surface area contributed by atoms with Crippen LogP contribution < -0.4 is 9.47 Å². The predicted molar refractivity (Wildman–Crippen MR) is 114 cm³/mol. The van der Waals surface area contributed by atoms with Crippen molar-refractivity contribution in [1.29, 1.82) is 0 Å². The molecule has 146 valence electrons. The quantitative estimate of drug-likeness (QED) is 0.205. The first-order valence-corrected chi connectivity index (χ1v) is 9.43. The van der Waals surface area contributed by atoms with E-state index in [0.717, 1.165) is 5.56 Å². The number of ether oxygens (including phenoxy) is 2. The fraction of sp³-hybridized carbons (Fsp3) is 0.0435. The Kier molecular flexibility index (Phi) is 7.06. The van der Waals surface area contributed by atoms with Crippen molar-refractivity contribution in [2.75, 3.05) is 6.61 Å². The molecule has 0 spiro atoms. The summed E-state index contributed by atoms with van der Waals surface area (Å²) in [6, 6.07) is 20.5. The summed E-state index contributed by atoms with van der Waals surface area (Å²) in [5.41, 5.74) is 1.42. The number of allylic oxidation sites excluding steroid dienone is 1. The topological polar surface area (TPSA) is 52.6 Å². The van der Waals surface area contributed by atoms with E-state index in [1.54, 1.807) is 54.6 Å². The number of carbonyl (C=O) groups is 2. The number of hydrogen-bond acceptors (Lipinski definition) is 4. The van der Waals surface area contributed by atoms with Crippen molar-refractivity contribution in [3.63, 3.8) is 0 Å². The molecule has 0 fully saturated rings. The molecule has 0 saturated heterocycles. The van der Waals surface area contributed by atoms with Crippen molar-refractivity contribution in [1.82, 2.24) is 0 Å². The second kappa shape index (κ2) is 9.92. The summed E-state index contributed by atoms with van der Waals surface area (Å²) < 4.78 is 10.6. The molecule has 3 aromatic rings. The number of benzene rings is 3. The van der Waals surface area contributed by atoms with E-state index in [1.807, 2.05) is 18.2 Å². The Balaban J connectivity index is 1.52. The maximum atomic E-state index is 12.1. The number of rotatable bonds is 7. The van der Waals surface area contributed by atoms with E-state index >= 15 is 0 Å². The molecular formula is C23H16Cl2O4. The normalized spacial score (nSPS) is 10.7. The zero-order valence-corrected chi connectivity index (χ0v) is 16.7. The number of esters is 1. The van der Waals surface area contributed by atoms with Gasteiger partial charge >= 0.3 is 5.97 Å². The molecule has 3 aromatic carbocycles. The third-order valence-corrected chi connectivity index (χ3v) is 4.37. The van der Waals surface area contributed by atoms with Crippen molar-refractivity contribution < 1.29 is 19.1 Å². The van der Waals surface area contributed by atoms with Crippen molar-refractivity contribution in [3.8, 4) is 11.5 Å². The Morgan fingerprint density at radius 3 is 2.31 bits per heavy atom. The zero-order chi connectivity index (χ0) is 20.6. The number of carbonyl (C=O) groups excluding carboxylic acids is 2. The monoisotopic (exact) mass is 426 g/mol. The Hall–Kier alpha value is -3.08. The highest BCUT2D eigenvalue weighted by atomic mass is 35.5. The van der Waals surface area contributed by atoms with Gasteiger partial charge in [-0.05, 0) is 42.0 Å². The summed E-state index contributed by atoms with van der Waals surface area (Å²) in [7, 11) is 0. The van der Waals surface area contributed by atoms with Crippen LogP contribution in [0.3, 0.4) is 0 Å². The van der Waals surface area contributed by atoms with Crippen molar-refractivity contribution in [3.05, 3.63) is 100 Å². The van der Waals surface area contributed by atoms with Crippen molar-refractivity contribution in [2.45, 2.75) is 0 Å². The standard InChI is InChI=1S/C23H16Cl2O4/c24-18-9-13-22(20(25)14-18)28-15-23(27)29-19-10-6-16(7-11-19)8-12-21(26)17-4-2-1-3-5-17/h1-14H,15H2/b12-8+. The Bertz CT molecular complexity index is 1030. The Labute approximate surface area is 178 Å². The highest BCUT2D eigenvalue weighted by Gasteiger charge is 2.09. The molecular weight excluding hydrogens is 411 g/mol. The van der Waals surface area contributed by atoms with Gasteiger partial charge in [0.1, 0.15) is 11.5 Å². The van der Waals surface area contributed by atoms with Crippen LogP contribution in [0.5, 0.6) is 11.5 Å². The van der Waals surface area contributed by atoms with Gasteiger partial charge in [-0.25, -0.2) is 4.79 Å². The second-order valence-corrected chi connectivity index (χ2v) is 6.81. The van der Waals surface area contributed by atoms with Crippen molar-refractivity contribution >= 4 is 41.0 Å². The summed E-state index contributed by atoms with van der Waals surface area (Å²) >= 11 is 11.8. The first-order chi connectivity index (χ1) is 14.0. The van der Waals surface area contributed by atoms with Gasteiger partial charge in [0, 0.05) is 10.6 Å². The summed E-state index contributed by atoms with van der Waals surface area (Å²) in [5.74, 6) is 0.0570. The van der Waals surface area contributed by atoms with Crippen LogP contribution in [0.4, 0.5) is 0 Å². The van der Waals surface area contributed by atoms with Gasteiger partial charge in [0.25, 0.3) is 0 Å². The van der Waals surface area contributed by atoms with Crippen LogP contribution >= 0.6 is 23.2 Å². The molecule has 6 heteroatoms.